The van der Waals surface area contributed by atoms with Crippen LogP contribution in [0.2, 0.25) is 0 Å². The Morgan fingerprint density at radius 3 is 2.38 bits per heavy atom. The zero-order valence-electron chi connectivity index (χ0n) is 22.0. The molecule has 1 amide bonds. The largest absolute Gasteiger partial charge is 0.445 e. The molecule has 0 spiro atoms. The average molecular weight is 546 g/mol. The van der Waals surface area contributed by atoms with Gasteiger partial charge in [0.05, 0.1) is 10.6 Å². The second-order valence-corrected chi connectivity index (χ2v) is 12.7. The summed E-state index contributed by atoms with van der Waals surface area (Å²) in [5.74, 6) is 1.03. The maximum atomic E-state index is 13.2. The number of carbonyl (C=O) groups is 1. The van der Waals surface area contributed by atoms with E-state index in [-0.39, 0.29) is 6.09 Å². The maximum Gasteiger partial charge on any atom is 0.410 e. The van der Waals surface area contributed by atoms with E-state index in [2.05, 4.69) is 17.4 Å². The Labute approximate surface area is 230 Å². The van der Waals surface area contributed by atoms with Gasteiger partial charge in [0.25, 0.3) is 10.0 Å². The molecule has 6 rings (SSSR count). The summed E-state index contributed by atoms with van der Waals surface area (Å²) in [6, 6.07) is 25.2. The zero-order chi connectivity index (χ0) is 26.8. The highest BCUT2D eigenvalue weighted by Crippen LogP contribution is 2.44. The lowest BCUT2D eigenvalue weighted by Gasteiger charge is -2.31. The molecule has 7 nitrogen and oxygen atoms in total. The second-order valence-electron chi connectivity index (χ2n) is 10.9. The number of piperidine rings is 1. The Morgan fingerprint density at radius 1 is 0.923 bits per heavy atom. The molecule has 1 N–H and O–H groups in total. The van der Waals surface area contributed by atoms with Crippen molar-refractivity contribution in [3.8, 4) is 0 Å². The van der Waals surface area contributed by atoms with Gasteiger partial charge < -0.3 is 15.0 Å². The molecule has 2 fully saturated rings. The quantitative estimate of drug-likeness (QED) is 0.434. The summed E-state index contributed by atoms with van der Waals surface area (Å²) < 4.78 is 33.3. The van der Waals surface area contributed by atoms with Gasteiger partial charge in [-0.3, -0.25) is 4.31 Å². The number of hydrogen-bond acceptors (Lipinski definition) is 5. The molecular formula is C31H35N3O4S. The zero-order valence-corrected chi connectivity index (χ0v) is 22.9. The van der Waals surface area contributed by atoms with Crippen LogP contribution in [0.4, 0.5) is 10.5 Å². The summed E-state index contributed by atoms with van der Waals surface area (Å²) in [5, 5.41) is 3.75. The lowest BCUT2D eigenvalue weighted by molar-refractivity contribution is 0.0821. The first-order valence-corrected chi connectivity index (χ1v) is 15.3. The molecule has 8 heteroatoms. The number of sulfonamides is 1. The van der Waals surface area contributed by atoms with E-state index in [9.17, 15) is 13.2 Å². The second kappa shape index (κ2) is 11.0. The lowest BCUT2D eigenvalue weighted by atomic mass is 9.97. The smallest absolute Gasteiger partial charge is 0.410 e. The number of benzene rings is 3. The standard InChI is InChI=1S/C31H35N3O4S/c35-31(38-22-24-7-3-1-4-8-24)33-16-13-23(14-17-33)21-32-29-20-28(29)25-11-12-30-26(19-25)15-18-34(30)39(36,37)27-9-5-2-6-10-27/h1-12,19,23,28-29,32H,13-18,20-22H2. The lowest BCUT2D eigenvalue weighted by Crippen LogP contribution is -2.41. The molecule has 3 aromatic rings. The summed E-state index contributed by atoms with van der Waals surface area (Å²) >= 11 is 0. The fraction of sp³-hybridized carbons (Fsp3) is 0.387. The van der Waals surface area contributed by atoms with Crippen molar-refractivity contribution in [2.45, 2.75) is 49.1 Å². The molecule has 2 heterocycles. The van der Waals surface area contributed by atoms with Crippen LogP contribution in [0.15, 0.2) is 83.8 Å². The summed E-state index contributed by atoms with van der Waals surface area (Å²) in [6.07, 6.45) is 3.59. The molecular weight excluding hydrogens is 510 g/mol. The summed E-state index contributed by atoms with van der Waals surface area (Å²) in [4.78, 5) is 14.6. The van der Waals surface area contributed by atoms with E-state index in [0.717, 1.165) is 62.1 Å². The van der Waals surface area contributed by atoms with Gasteiger partial charge in [0.15, 0.2) is 0 Å². The molecule has 2 unspecified atom stereocenters. The monoisotopic (exact) mass is 545 g/mol. The van der Waals surface area contributed by atoms with Gasteiger partial charge in [-0.1, -0.05) is 60.7 Å². The molecule has 204 valence electrons. The van der Waals surface area contributed by atoms with Crippen molar-refractivity contribution in [1.29, 1.82) is 0 Å². The topological polar surface area (TPSA) is 79.0 Å². The fourth-order valence-electron chi connectivity index (χ4n) is 5.83. The predicted octanol–water partition coefficient (Wildman–Crippen LogP) is 4.93. The number of carbonyl (C=O) groups excluding carboxylic acids is 1. The fourth-order valence-corrected chi connectivity index (χ4v) is 7.35. The number of nitrogens with zero attached hydrogens (tertiary/aromatic N) is 2. The van der Waals surface area contributed by atoms with E-state index in [0.29, 0.717) is 35.9 Å². The third kappa shape index (κ3) is 5.68. The van der Waals surface area contributed by atoms with Crippen molar-refractivity contribution < 1.29 is 17.9 Å². The summed E-state index contributed by atoms with van der Waals surface area (Å²) in [6.45, 7) is 3.24. The van der Waals surface area contributed by atoms with Crippen LogP contribution in [0.3, 0.4) is 0 Å². The highest BCUT2D eigenvalue weighted by Gasteiger charge is 2.40. The first kappa shape index (κ1) is 25.9. The number of anilines is 1. The Hall–Kier alpha value is -3.36. The number of amides is 1. The van der Waals surface area contributed by atoms with Crippen LogP contribution in [0.1, 0.15) is 41.9 Å². The Balaban J connectivity index is 0.964. The van der Waals surface area contributed by atoms with Crippen molar-refractivity contribution in [3.63, 3.8) is 0 Å². The molecule has 0 bridgehead atoms. The first-order chi connectivity index (χ1) is 19.0. The Morgan fingerprint density at radius 2 is 1.64 bits per heavy atom. The van der Waals surface area contributed by atoms with Crippen molar-refractivity contribution >= 4 is 21.8 Å². The van der Waals surface area contributed by atoms with Gasteiger partial charge in [-0.05, 0) is 73.0 Å². The minimum atomic E-state index is -3.54. The van der Waals surface area contributed by atoms with E-state index in [4.69, 9.17) is 4.74 Å². The Kier molecular flexibility index (Phi) is 7.32. The normalized spacial score (nSPS) is 21.0. The number of fused-ring (bicyclic) bond motifs is 1. The van der Waals surface area contributed by atoms with Crippen LogP contribution in [-0.4, -0.2) is 51.6 Å². The third-order valence-corrected chi connectivity index (χ3v) is 10.1. The van der Waals surface area contributed by atoms with Gasteiger partial charge in [0.1, 0.15) is 6.61 Å². The van der Waals surface area contributed by atoms with Gasteiger partial charge in [0.2, 0.25) is 0 Å². The van der Waals surface area contributed by atoms with E-state index in [1.807, 2.05) is 47.4 Å². The van der Waals surface area contributed by atoms with Gasteiger partial charge in [-0.15, -0.1) is 0 Å². The van der Waals surface area contributed by atoms with E-state index < -0.39 is 10.0 Å². The van der Waals surface area contributed by atoms with Crippen LogP contribution in [0, 0.1) is 5.92 Å². The maximum absolute atomic E-state index is 13.2. The SMILES string of the molecule is O=C(OCc1ccccc1)N1CCC(CNC2CC2c2ccc3c(c2)CCN3S(=O)(=O)c2ccccc2)CC1. The van der Waals surface area contributed by atoms with Crippen LogP contribution in [-0.2, 0) is 27.8 Å². The number of rotatable bonds is 8. The van der Waals surface area contributed by atoms with Crippen molar-refractivity contribution in [1.82, 2.24) is 10.2 Å². The third-order valence-electron chi connectivity index (χ3n) is 8.25. The summed E-state index contributed by atoms with van der Waals surface area (Å²) in [5.41, 5.74) is 4.22. The summed E-state index contributed by atoms with van der Waals surface area (Å²) in [7, 11) is -3.54. The molecule has 1 saturated carbocycles. The number of likely N-dealkylation sites (tertiary alicyclic amines) is 1. The minimum absolute atomic E-state index is 0.223. The molecule has 3 aromatic carbocycles. The molecule has 0 radical (unpaired) electrons. The van der Waals surface area contributed by atoms with E-state index in [1.54, 1.807) is 28.6 Å². The Bertz CT molecular complexity index is 1410. The number of nitrogens with one attached hydrogen (secondary N) is 1. The molecule has 3 aliphatic rings. The molecule has 2 atom stereocenters. The van der Waals surface area contributed by atoms with Crippen molar-refractivity contribution in [2.24, 2.45) is 5.92 Å². The minimum Gasteiger partial charge on any atom is -0.445 e. The van der Waals surface area contributed by atoms with Gasteiger partial charge in [-0.25, -0.2) is 13.2 Å². The van der Waals surface area contributed by atoms with E-state index >= 15 is 0 Å². The van der Waals surface area contributed by atoms with Crippen molar-refractivity contribution in [2.75, 3.05) is 30.5 Å². The van der Waals surface area contributed by atoms with Crippen molar-refractivity contribution in [3.05, 3.63) is 95.6 Å². The van der Waals surface area contributed by atoms with Gasteiger partial charge >= 0.3 is 6.09 Å². The van der Waals surface area contributed by atoms with Gasteiger partial charge in [0, 0.05) is 31.6 Å². The molecule has 2 aliphatic heterocycles. The molecule has 39 heavy (non-hydrogen) atoms. The van der Waals surface area contributed by atoms with Crippen LogP contribution in [0.5, 0.6) is 0 Å². The molecule has 1 aliphatic carbocycles. The number of hydrogen-bond donors (Lipinski definition) is 1. The van der Waals surface area contributed by atoms with Crippen LogP contribution < -0.4 is 9.62 Å². The molecule has 0 aromatic heterocycles. The first-order valence-electron chi connectivity index (χ1n) is 13.9. The highest BCUT2D eigenvalue weighted by molar-refractivity contribution is 7.92. The number of ether oxygens (including phenoxy) is 1. The van der Waals surface area contributed by atoms with E-state index in [1.165, 1.54) is 5.56 Å². The predicted molar refractivity (Wildman–Crippen MR) is 151 cm³/mol. The molecule has 1 saturated heterocycles. The van der Waals surface area contributed by atoms with Crippen LogP contribution >= 0.6 is 0 Å². The highest BCUT2D eigenvalue weighted by atomic mass is 32.2. The van der Waals surface area contributed by atoms with Gasteiger partial charge in [-0.2, -0.15) is 0 Å². The van der Waals surface area contributed by atoms with Crippen LogP contribution in [0.25, 0.3) is 0 Å². The average Bonchev–Trinajstić information content (AvgIpc) is 3.63.